The zero-order valence-electron chi connectivity index (χ0n) is 6.96. The largest absolute Gasteiger partial charge is 0.443 e. The fourth-order valence-corrected chi connectivity index (χ4v) is 1.62. The third-order valence-corrected chi connectivity index (χ3v) is 2.49. The maximum absolute atomic E-state index is 13.7. The molecule has 0 atom stereocenters. The molecule has 0 amide bonds. The number of nitrogens with zero attached hydrogens (tertiary/aromatic N) is 1. The van der Waals surface area contributed by atoms with Crippen molar-refractivity contribution in [3.05, 3.63) is 29.9 Å². The Morgan fingerprint density at radius 1 is 1.38 bits per heavy atom. The Hall–Kier alpha value is -1.38. The lowest BCUT2D eigenvalue weighted by atomic mass is 10.1. The van der Waals surface area contributed by atoms with Crippen molar-refractivity contribution in [3.63, 3.8) is 0 Å². The van der Waals surface area contributed by atoms with Crippen molar-refractivity contribution < 1.29 is 8.81 Å². The summed E-state index contributed by atoms with van der Waals surface area (Å²) in [6, 6.07) is 3.60. The van der Waals surface area contributed by atoms with Crippen molar-refractivity contribution in [2.45, 2.75) is 18.8 Å². The highest BCUT2D eigenvalue weighted by atomic mass is 19.1. The number of benzene rings is 1. The number of hydrogen-bond acceptors (Lipinski definition) is 2. The van der Waals surface area contributed by atoms with Gasteiger partial charge in [-0.25, -0.2) is 9.37 Å². The zero-order valence-corrected chi connectivity index (χ0v) is 6.96. The van der Waals surface area contributed by atoms with E-state index in [9.17, 15) is 4.39 Å². The summed E-state index contributed by atoms with van der Waals surface area (Å²) < 4.78 is 18.7. The fourth-order valence-electron chi connectivity index (χ4n) is 1.62. The molecule has 1 aliphatic carbocycles. The molecule has 0 N–H and O–H groups in total. The number of hydrogen-bond donors (Lipinski definition) is 0. The first-order valence-corrected chi connectivity index (χ1v) is 4.38. The molecule has 1 aromatic carbocycles. The summed E-state index contributed by atoms with van der Waals surface area (Å²) in [4.78, 5) is 3.85. The average molecular weight is 177 g/mol. The topological polar surface area (TPSA) is 26.0 Å². The SMILES string of the molecule is Fc1c(C2CC2)ccc2ocnc12. The van der Waals surface area contributed by atoms with Gasteiger partial charge in [0.1, 0.15) is 5.52 Å². The van der Waals surface area contributed by atoms with Crippen molar-refractivity contribution in [3.8, 4) is 0 Å². The van der Waals surface area contributed by atoms with Gasteiger partial charge in [0.15, 0.2) is 17.8 Å². The number of oxazole rings is 1. The van der Waals surface area contributed by atoms with Gasteiger partial charge in [-0.2, -0.15) is 0 Å². The van der Waals surface area contributed by atoms with Gasteiger partial charge in [0, 0.05) is 0 Å². The van der Waals surface area contributed by atoms with Gasteiger partial charge >= 0.3 is 0 Å². The fraction of sp³-hybridized carbons (Fsp3) is 0.300. The average Bonchev–Trinajstić information content (AvgIpc) is 2.83. The van der Waals surface area contributed by atoms with Crippen LogP contribution >= 0.6 is 0 Å². The second kappa shape index (κ2) is 2.31. The molecule has 2 aromatic rings. The molecule has 0 bridgehead atoms. The Balaban J connectivity index is 2.30. The van der Waals surface area contributed by atoms with Crippen LogP contribution in [0.5, 0.6) is 0 Å². The smallest absolute Gasteiger partial charge is 0.182 e. The predicted octanol–water partition coefficient (Wildman–Crippen LogP) is 2.84. The van der Waals surface area contributed by atoms with E-state index in [1.165, 1.54) is 6.39 Å². The highest BCUT2D eigenvalue weighted by Crippen LogP contribution is 2.42. The van der Waals surface area contributed by atoms with E-state index in [1.54, 1.807) is 12.1 Å². The molecule has 1 aliphatic rings. The van der Waals surface area contributed by atoms with Crippen LogP contribution in [0.2, 0.25) is 0 Å². The van der Waals surface area contributed by atoms with E-state index in [4.69, 9.17) is 4.42 Å². The molecule has 2 nitrogen and oxygen atoms in total. The monoisotopic (exact) mass is 177 g/mol. The Bertz CT molecular complexity index is 459. The lowest BCUT2D eigenvalue weighted by Gasteiger charge is -1.98. The highest BCUT2D eigenvalue weighted by molar-refractivity contribution is 5.74. The van der Waals surface area contributed by atoms with Crippen LogP contribution in [0.3, 0.4) is 0 Å². The van der Waals surface area contributed by atoms with E-state index in [1.807, 2.05) is 0 Å². The first kappa shape index (κ1) is 7.06. The Labute approximate surface area is 74.4 Å². The van der Waals surface area contributed by atoms with Gasteiger partial charge in [0.05, 0.1) is 0 Å². The molecule has 66 valence electrons. The third kappa shape index (κ3) is 0.963. The molecule has 1 heterocycles. The van der Waals surface area contributed by atoms with Crippen LogP contribution in [-0.4, -0.2) is 4.98 Å². The van der Waals surface area contributed by atoms with Crippen LogP contribution in [0.15, 0.2) is 22.9 Å². The van der Waals surface area contributed by atoms with Crippen LogP contribution in [0.25, 0.3) is 11.1 Å². The Kier molecular flexibility index (Phi) is 1.26. The van der Waals surface area contributed by atoms with Crippen molar-refractivity contribution in [2.75, 3.05) is 0 Å². The quantitative estimate of drug-likeness (QED) is 0.669. The number of aromatic nitrogens is 1. The molecule has 3 heteroatoms. The Morgan fingerprint density at radius 3 is 3.00 bits per heavy atom. The molecule has 1 fully saturated rings. The van der Waals surface area contributed by atoms with E-state index in [0.717, 1.165) is 18.4 Å². The van der Waals surface area contributed by atoms with Gasteiger partial charge in [0.25, 0.3) is 0 Å². The molecule has 0 aliphatic heterocycles. The van der Waals surface area contributed by atoms with Gasteiger partial charge < -0.3 is 4.42 Å². The molecule has 0 saturated heterocycles. The lowest BCUT2D eigenvalue weighted by molar-refractivity contribution is 0.599. The normalized spacial score (nSPS) is 16.7. The zero-order chi connectivity index (χ0) is 8.84. The summed E-state index contributed by atoms with van der Waals surface area (Å²) in [5, 5.41) is 0. The van der Waals surface area contributed by atoms with Gasteiger partial charge in [-0.05, 0) is 30.4 Å². The number of fused-ring (bicyclic) bond motifs is 1. The standard InChI is InChI=1S/C10H8FNO/c11-9-7(6-1-2-6)3-4-8-10(9)12-5-13-8/h3-6H,1-2H2. The van der Waals surface area contributed by atoms with Gasteiger partial charge in [0.2, 0.25) is 0 Å². The van der Waals surface area contributed by atoms with E-state index in [0.29, 0.717) is 17.0 Å². The lowest BCUT2D eigenvalue weighted by Crippen LogP contribution is -1.87. The molecule has 3 rings (SSSR count). The molecule has 1 aromatic heterocycles. The first-order chi connectivity index (χ1) is 6.36. The van der Waals surface area contributed by atoms with Crippen LogP contribution in [-0.2, 0) is 0 Å². The summed E-state index contributed by atoms with van der Waals surface area (Å²) in [6.07, 6.45) is 3.48. The Morgan fingerprint density at radius 2 is 2.23 bits per heavy atom. The van der Waals surface area contributed by atoms with Crippen molar-refractivity contribution >= 4 is 11.1 Å². The third-order valence-electron chi connectivity index (χ3n) is 2.49. The maximum Gasteiger partial charge on any atom is 0.182 e. The van der Waals surface area contributed by atoms with Crippen molar-refractivity contribution in [1.29, 1.82) is 0 Å². The van der Waals surface area contributed by atoms with Crippen molar-refractivity contribution in [1.82, 2.24) is 4.98 Å². The van der Waals surface area contributed by atoms with E-state index in [2.05, 4.69) is 4.98 Å². The number of rotatable bonds is 1. The molecule has 0 radical (unpaired) electrons. The summed E-state index contributed by atoms with van der Waals surface area (Å²) in [7, 11) is 0. The van der Waals surface area contributed by atoms with Gasteiger partial charge in [-0.15, -0.1) is 0 Å². The molecular weight excluding hydrogens is 169 g/mol. The summed E-state index contributed by atoms with van der Waals surface area (Å²) in [5.41, 5.74) is 1.69. The van der Waals surface area contributed by atoms with E-state index >= 15 is 0 Å². The molecule has 1 saturated carbocycles. The molecule has 0 unspecified atom stereocenters. The maximum atomic E-state index is 13.7. The minimum atomic E-state index is -0.200. The van der Waals surface area contributed by atoms with E-state index < -0.39 is 0 Å². The van der Waals surface area contributed by atoms with Crippen molar-refractivity contribution in [2.24, 2.45) is 0 Å². The van der Waals surface area contributed by atoms with Crippen LogP contribution in [0.1, 0.15) is 24.3 Å². The summed E-state index contributed by atoms with van der Waals surface area (Å²) >= 11 is 0. The van der Waals surface area contributed by atoms with Crippen LogP contribution < -0.4 is 0 Å². The molecule has 13 heavy (non-hydrogen) atoms. The highest BCUT2D eigenvalue weighted by Gasteiger charge is 2.27. The van der Waals surface area contributed by atoms with Crippen LogP contribution in [0, 0.1) is 5.82 Å². The second-order valence-electron chi connectivity index (χ2n) is 3.44. The van der Waals surface area contributed by atoms with E-state index in [-0.39, 0.29) is 5.82 Å². The van der Waals surface area contributed by atoms with Gasteiger partial charge in [-0.3, -0.25) is 0 Å². The van der Waals surface area contributed by atoms with Crippen LogP contribution in [0.4, 0.5) is 4.39 Å². The summed E-state index contributed by atoms with van der Waals surface area (Å²) in [5.74, 6) is 0.217. The first-order valence-electron chi connectivity index (χ1n) is 4.38. The number of halogens is 1. The minimum absolute atomic E-state index is 0.200. The second-order valence-corrected chi connectivity index (χ2v) is 3.44. The molecular formula is C10H8FNO. The minimum Gasteiger partial charge on any atom is -0.443 e. The predicted molar refractivity (Wildman–Crippen MR) is 45.9 cm³/mol. The summed E-state index contributed by atoms with van der Waals surface area (Å²) in [6.45, 7) is 0. The molecule has 0 spiro atoms. The van der Waals surface area contributed by atoms with Gasteiger partial charge in [-0.1, -0.05) is 6.07 Å².